The first-order chi connectivity index (χ1) is 9.13. The van der Waals surface area contributed by atoms with Gasteiger partial charge in [0.2, 0.25) is 5.82 Å². The van der Waals surface area contributed by atoms with Crippen molar-refractivity contribution in [1.82, 2.24) is 9.55 Å². The van der Waals surface area contributed by atoms with E-state index in [4.69, 9.17) is 0 Å². The number of hydrogen-bond acceptors (Lipinski definition) is 2. The molecule has 102 valence electrons. The number of aromatic nitrogens is 2. The molecule has 0 atom stereocenters. The average Bonchev–Trinajstić information content (AvgIpc) is 2.70. The molecule has 1 N–H and O–H groups in total. The minimum absolute atomic E-state index is 0.245. The maximum absolute atomic E-state index is 11.4. The highest BCUT2D eigenvalue weighted by molar-refractivity contribution is 5.83. The van der Waals surface area contributed by atoms with Gasteiger partial charge in [-0.3, -0.25) is 0 Å². The molecule has 4 aliphatic carbocycles. The van der Waals surface area contributed by atoms with Crippen LogP contribution in [0.3, 0.4) is 0 Å². The summed E-state index contributed by atoms with van der Waals surface area (Å²) in [6.45, 7) is 1.99. The number of carboxylic acid groups (broad SMARTS) is 1. The third-order valence-corrected chi connectivity index (χ3v) is 5.65. The van der Waals surface area contributed by atoms with Gasteiger partial charge in [-0.25, -0.2) is 9.78 Å². The summed E-state index contributed by atoms with van der Waals surface area (Å²) < 4.78 is 2.04. The SMILES string of the molecule is Cc1cnc(C(=O)O)n1C1C2CC3CC(C2)CC1C3. The first-order valence-corrected chi connectivity index (χ1v) is 7.40. The number of hydrogen-bond donors (Lipinski definition) is 1. The highest BCUT2D eigenvalue weighted by Crippen LogP contribution is 2.58. The van der Waals surface area contributed by atoms with Crippen LogP contribution in [0.25, 0.3) is 0 Å². The quantitative estimate of drug-likeness (QED) is 0.889. The van der Waals surface area contributed by atoms with Crippen LogP contribution in [-0.2, 0) is 0 Å². The van der Waals surface area contributed by atoms with Gasteiger partial charge in [0.1, 0.15) is 0 Å². The average molecular weight is 260 g/mol. The summed E-state index contributed by atoms with van der Waals surface area (Å²) >= 11 is 0. The maximum Gasteiger partial charge on any atom is 0.372 e. The molecule has 5 rings (SSSR count). The summed E-state index contributed by atoms with van der Waals surface area (Å²) in [5.41, 5.74) is 1.01. The fraction of sp³-hybridized carbons (Fsp3) is 0.733. The van der Waals surface area contributed by atoms with Gasteiger partial charge in [-0.15, -0.1) is 0 Å². The van der Waals surface area contributed by atoms with Gasteiger partial charge in [0, 0.05) is 17.9 Å². The minimum Gasteiger partial charge on any atom is -0.475 e. The molecule has 4 fully saturated rings. The monoisotopic (exact) mass is 260 g/mol. The highest BCUT2D eigenvalue weighted by Gasteiger charge is 2.49. The number of rotatable bonds is 2. The van der Waals surface area contributed by atoms with Gasteiger partial charge in [-0.1, -0.05) is 0 Å². The van der Waals surface area contributed by atoms with E-state index in [1.54, 1.807) is 6.20 Å². The molecule has 4 aliphatic rings. The lowest BCUT2D eigenvalue weighted by atomic mass is 9.54. The van der Waals surface area contributed by atoms with Crippen LogP contribution in [0, 0.1) is 30.6 Å². The van der Waals surface area contributed by atoms with E-state index >= 15 is 0 Å². The van der Waals surface area contributed by atoms with Crippen molar-refractivity contribution < 1.29 is 9.90 Å². The molecule has 4 bridgehead atoms. The second kappa shape index (κ2) is 3.84. The van der Waals surface area contributed by atoms with E-state index in [2.05, 4.69) is 4.98 Å². The first kappa shape index (κ1) is 11.5. The summed E-state index contributed by atoms with van der Waals surface area (Å²) in [6.07, 6.45) is 8.34. The van der Waals surface area contributed by atoms with Gasteiger partial charge in [-0.2, -0.15) is 0 Å². The molecule has 19 heavy (non-hydrogen) atoms. The van der Waals surface area contributed by atoms with Gasteiger partial charge >= 0.3 is 5.97 Å². The van der Waals surface area contributed by atoms with Crippen molar-refractivity contribution in [1.29, 1.82) is 0 Å². The van der Waals surface area contributed by atoms with Gasteiger partial charge in [0.05, 0.1) is 0 Å². The summed E-state index contributed by atoms with van der Waals surface area (Å²) in [7, 11) is 0. The predicted octanol–water partition coefficient (Wildman–Crippen LogP) is 2.89. The molecule has 1 aromatic rings. The topological polar surface area (TPSA) is 55.1 Å². The third kappa shape index (κ3) is 1.58. The molecule has 0 radical (unpaired) electrons. The number of aryl methyl sites for hydroxylation is 1. The van der Waals surface area contributed by atoms with Crippen molar-refractivity contribution in [3.63, 3.8) is 0 Å². The van der Waals surface area contributed by atoms with E-state index in [1.165, 1.54) is 32.1 Å². The van der Waals surface area contributed by atoms with Crippen molar-refractivity contribution in [3.05, 3.63) is 17.7 Å². The van der Waals surface area contributed by atoms with Gasteiger partial charge in [0.15, 0.2) is 0 Å². The zero-order valence-electron chi connectivity index (χ0n) is 11.2. The second-order valence-electron chi connectivity index (χ2n) is 6.82. The smallest absolute Gasteiger partial charge is 0.372 e. The van der Waals surface area contributed by atoms with Crippen LogP contribution in [0.5, 0.6) is 0 Å². The molecule has 4 nitrogen and oxygen atoms in total. The summed E-state index contributed by atoms with van der Waals surface area (Å²) in [5.74, 6) is 2.55. The number of nitrogens with zero attached hydrogens (tertiary/aromatic N) is 2. The van der Waals surface area contributed by atoms with Crippen LogP contribution >= 0.6 is 0 Å². The summed E-state index contributed by atoms with van der Waals surface area (Å²) in [4.78, 5) is 15.5. The van der Waals surface area contributed by atoms with Crippen molar-refractivity contribution >= 4 is 5.97 Å². The van der Waals surface area contributed by atoms with Crippen molar-refractivity contribution in [3.8, 4) is 0 Å². The zero-order valence-corrected chi connectivity index (χ0v) is 11.2. The molecular weight excluding hydrogens is 240 g/mol. The molecule has 0 spiro atoms. The fourth-order valence-corrected chi connectivity index (χ4v) is 5.30. The summed E-state index contributed by atoms with van der Waals surface area (Å²) in [6, 6.07) is 0.390. The van der Waals surface area contributed by atoms with Crippen LogP contribution in [0.1, 0.15) is 54.5 Å². The highest BCUT2D eigenvalue weighted by atomic mass is 16.4. The predicted molar refractivity (Wildman–Crippen MR) is 70.0 cm³/mol. The lowest BCUT2D eigenvalue weighted by Crippen LogP contribution is -2.46. The summed E-state index contributed by atoms with van der Waals surface area (Å²) in [5, 5.41) is 9.35. The molecule has 0 amide bonds. The van der Waals surface area contributed by atoms with E-state index in [1.807, 2.05) is 11.5 Å². The lowest BCUT2D eigenvalue weighted by Gasteiger charge is -2.55. The Labute approximate surface area is 112 Å². The van der Waals surface area contributed by atoms with Gasteiger partial charge < -0.3 is 9.67 Å². The largest absolute Gasteiger partial charge is 0.475 e. The second-order valence-corrected chi connectivity index (χ2v) is 6.82. The molecule has 1 heterocycles. The molecular formula is C15H20N2O2. The number of aromatic carboxylic acids is 1. The van der Waals surface area contributed by atoms with Crippen LogP contribution in [0.15, 0.2) is 6.20 Å². The Balaban J connectivity index is 1.77. The number of carboxylic acids is 1. The first-order valence-electron chi connectivity index (χ1n) is 7.40. The lowest BCUT2D eigenvalue weighted by molar-refractivity contribution is -0.0308. The molecule has 0 saturated heterocycles. The Morgan fingerprint density at radius 3 is 2.32 bits per heavy atom. The van der Waals surface area contributed by atoms with Crippen LogP contribution in [0.2, 0.25) is 0 Å². The van der Waals surface area contributed by atoms with E-state index in [9.17, 15) is 9.90 Å². The third-order valence-electron chi connectivity index (χ3n) is 5.65. The van der Waals surface area contributed by atoms with Gasteiger partial charge in [0.25, 0.3) is 0 Å². The van der Waals surface area contributed by atoms with E-state index in [0.717, 1.165) is 17.5 Å². The number of imidazole rings is 1. The van der Waals surface area contributed by atoms with Crippen molar-refractivity contribution in [2.45, 2.75) is 45.1 Å². The minimum atomic E-state index is -0.887. The molecule has 0 aromatic carbocycles. The molecule has 4 heteroatoms. The molecule has 0 aliphatic heterocycles. The Kier molecular flexibility index (Phi) is 2.32. The van der Waals surface area contributed by atoms with Crippen LogP contribution in [-0.4, -0.2) is 20.6 Å². The standard InChI is InChI=1S/C15H20N2O2/c1-8-7-16-14(15(18)19)17(8)13-11-3-9-2-10(5-11)6-12(13)4-9/h7,9-13H,2-6H2,1H3,(H,18,19). The molecule has 1 aromatic heterocycles. The van der Waals surface area contributed by atoms with Crippen molar-refractivity contribution in [2.24, 2.45) is 23.7 Å². The fourth-order valence-electron chi connectivity index (χ4n) is 5.30. The van der Waals surface area contributed by atoms with E-state index < -0.39 is 5.97 Å². The number of carbonyl (C=O) groups is 1. The Hall–Kier alpha value is -1.32. The van der Waals surface area contributed by atoms with E-state index in [0.29, 0.717) is 17.9 Å². The van der Waals surface area contributed by atoms with Crippen LogP contribution < -0.4 is 0 Å². The Bertz CT molecular complexity index is 506. The van der Waals surface area contributed by atoms with Gasteiger partial charge in [-0.05, 0) is 62.7 Å². The maximum atomic E-state index is 11.4. The molecule has 4 saturated carbocycles. The van der Waals surface area contributed by atoms with Crippen LogP contribution in [0.4, 0.5) is 0 Å². The Morgan fingerprint density at radius 2 is 1.79 bits per heavy atom. The van der Waals surface area contributed by atoms with E-state index in [-0.39, 0.29) is 5.82 Å². The molecule has 0 unspecified atom stereocenters. The Morgan fingerprint density at radius 1 is 1.21 bits per heavy atom. The van der Waals surface area contributed by atoms with Crippen molar-refractivity contribution in [2.75, 3.05) is 0 Å². The zero-order chi connectivity index (χ0) is 13.1. The normalized spacial score (nSPS) is 39.7.